The summed E-state index contributed by atoms with van der Waals surface area (Å²) in [7, 11) is 0. The Labute approximate surface area is 158 Å². The number of aromatic nitrogens is 4. The van der Waals surface area contributed by atoms with Crippen molar-refractivity contribution in [3.8, 4) is 0 Å². The minimum Gasteiger partial charge on any atom is -0.384 e. The number of nitrogens with one attached hydrogen (secondary N) is 1. The molecule has 3 N–H and O–H groups in total. The second kappa shape index (κ2) is 6.39. The van der Waals surface area contributed by atoms with E-state index in [1.807, 2.05) is 18.5 Å². The number of H-pyrrole nitrogens is 1. The van der Waals surface area contributed by atoms with Crippen LogP contribution in [0.1, 0.15) is 24.9 Å². The van der Waals surface area contributed by atoms with Crippen molar-refractivity contribution in [3.63, 3.8) is 0 Å². The normalized spacial score (nSPS) is 21.2. The van der Waals surface area contributed by atoms with E-state index in [4.69, 9.17) is 5.73 Å². The van der Waals surface area contributed by atoms with Gasteiger partial charge in [0.2, 0.25) is 0 Å². The van der Waals surface area contributed by atoms with E-state index in [2.05, 4.69) is 61.9 Å². The first kappa shape index (κ1) is 16.3. The predicted octanol–water partition coefficient (Wildman–Crippen LogP) is 3.58. The van der Waals surface area contributed by atoms with Gasteiger partial charge in [0.1, 0.15) is 5.82 Å². The summed E-state index contributed by atoms with van der Waals surface area (Å²) < 4.78 is 2.26. The van der Waals surface area contributed by atoms with E-state index in [9.17, 15) is 0 Å². The Morgan fingerprint density at radius 1 is 1.15 bits per heavy atom. The van der Waals surface area contributed by atoms with Gasteiger partial charge < -0.3 is 5.73 Å². The van der Waals surface area contributed by atoms with Crippen molar-refractivity contribution in [1.29, 1.82) is 0 Å². The third kappa shape index (κ3) is 2.77. The monoisotopic (exact) mass is 360 g/mol. The smallest absolute Gasteiger partial charge is 0.161 e. The molecule has 2 atom stereocenters. The number of fused-ring (bicyclic) bond motifs is 3. The molecule has 5 rings (SSSR count). The van der Waals surface area contributed by atoms with E-state index in [0.717, 1.165) is 41.6 Å². The van der Waals surface area contributed by atoms with Gasteiger partial charge in [-0.05, 0) is 30.5 Å². The van der Waals surface area contributed by atoms with Gasteiger partial charge in [-0.25, -0.2) is 9.97 Å². The zero-order chi connectivity index (χ0) is 18.4. The molecule has 27 heavy (non-hydrogen) atoms. The second-order valence-electron chi connectivity index (χ2n) is 7.65. The van der Waals surface area contributed by atoms with Crippen LogP contribution in [0.25, 0.3) is 21.9 Å². The zero-order valence-electron chi connectivity index (χ0n) is 15.5. The summed E-state index contributed by atoms with van der Waals surface area (Å²) in [4.78, 5) is 11.3. The zero-order valence-corrected chi connectivity index (χ0v) is 15.5. The van der Waals surface area contributed by atoms with Crippen LogP contribution in [0.2, 0.25) is 0 Å². The highest BCUT2D eigenvalue weighted by Crippen LogP contribution is 2.35. The molecule has 138 valence electrons. The lowest BCUT2D eigenvalue weighted by atomic mass is 9.93. The molecule has 0 unspecified atom stereocenters. The standard InChI is InChI=1S/C21H24N6/c1-14-8-10-26(12-15-5-3-2-4-6-15)13-18(14)27-19-16-7-9-23-21(16)24-11-17(19)20(22)25-27/h2-7,9,11,14,18,25H,8,10,12-13,22H2,1H3/t14-,18-/m1/s1. The van der Waals surface area contributed by atoms with Crippen molar-refractivity contribution in [2.75, 3.05) is 18.8 Å². The Hall–Kier alpha value is -2.86. The van der Waals surface area contributed by atoms with E-state index in [0.29, 0.717) is 17.8 Å². The topological polar surface area (TPSA) is 75.8 Å². The minimum absolute atomic E-state index is 0.336. The lowest BCUT2D eigenvalue weighted by Gasteiger charge is -2.38. The van der Waals surface area contributed by atoms with Crippen molar-refractivity contribution in [2.24, 2.45) is 5.92 Å². The Balaban J connectivity index is 1.53. The SMILES string of the molecule is C[C@@H]1CCN(Cc2ccccc2)C[C@H]1n1[nH]c(N)c2cnc3nccc3c21. The molecule has 1 aliphatic heterocycles. The summed E-state index contributed by atoms with van der Waals surface area (Å²) in [6.07, 6.45) is 4.82. The maximum absolute atomic E-state index is 6.30. The maximum atomic E-state index is 6.30. The Bertz CT molecular complexity index is 1080. The Morgan fingerprint density at radius 3 is 2.85 bits per heavy atom. The fraction of sp³-hybridized carbons (Fsp3) is 0.333. The van der Waals surface area contributed by atoms with Gasteiger partial charge >= 0.3 is 0 Å². The van der Waals surface area contributed by atoms with Crippen molar-refractivity contribution >= 4 is 27.8 Å². The molecule has 1 saturated heterocycles. The molecule has 0 amide bonds. The molecule has 1 aliphatic rings. The van der Waals surface area contributed by atoms with Crippen LogP contribution < -0.4 is 5.73 Å². The molecule has 0 bridgehead atoms. The first-order valence-corrected chi connectivity index (χ1v) is 9.56. The molecule has 0 aliphatic carbocycles. The summed E-state index contributed by atoms with van der Waals surface area (Å²) in [6.45, 7) is 5.43. The van der Waals surface area contributed by atoms with Gasteiger partial charge in [-0.3, -0.25) is 14.7 Å². The fourth-order valence-electron chi connectivity index (χ4n) is 4.33. The number of anilines is 1. The number of hydrogen-bond donors (Lipinski definition) is 2. The van der Waals surface area contributed by atoms with Crippen molar-refractivity contribution in [2.45, 2.75) is 25.9 Å². The molecule has 0 saturated carbocycles. The van der Waals surface area contributed by atoms with Gasteiger partial charge in [0, 0.05) is 30.9 Å². The van der Waals surface area contributed by atoms with E-state index in [1.54, 1.807) is 0 Å². The van der Waals surface area contributed by atoms with E-state index in [1.165, 1.54) is 12.0 Å². The van der Waals surface area contributed by atoms with E-state index in [-0.39, 0.29) is 0 Å². The summed E-state index contributed by atoms with van der Waals surface area (Å²) in [6, 6.07) is 13.1. The summed E-state index contributed by atoms with van der Waals surface area (Å²) in [5.41, 5.74) is 9.55. The highest BCUT2D eigenvalue weighted by Gasteiger charge is 2.30. The largest absolute Gasteiger partial charge is 0.384 e. The molecule has 1 fully saturated rings. The molecule has 0 radical (unpaired) electrons. The number of hydrogen-bond acceptors (Lipinski definition) is 4. The number of pyridine rings is 1. The summed E-state index contributed by atoms with van der Waals surface area (Å²) in [5.74, 6) is 1.24. The molecule has 3 aromatic heterocycles. The van der Waals surface area contributed by atoms with Gasteiger partial charge in [0.05, 0.1) is 16.9 Å². The predicted molar refractivity (Wildman–Crippen MR) is 108 cm³/mol. The summed E-state index contributed by atoms with van der Waals surface area (Å²) in [5, 5.41) is 5.46. The molecular formula is C21H24N6. The Morgan fingerprint density at radius 2 is 2.00 bits per heavy atom. The van der Waals surface area contributed by atoms with Crippen LogP contribution in [0.15, 0.2) is 48.8 Å². The first-order valence-electron chi connectivity index (χ1n) is 9.56. The number of likely N-dealkylation sites (tertiary alicyclic amines) is 1. The van der Waals surface area contributed by atoms with Gasteiger partial charge in [-0.15, -0.1) is 0 Å². The average Bonchev–Trinajstić information content (AvgIpc) is 3.28. The first-order chi connectivity index (χ1) is 13.2. The number of rotatable bonds is 3. The average molecular weight is 360 g/mol. The van der Waals surface area contributed by atoms with Crippen molar-refractivity contribution in [3.05, 3.63) is 54.4 Å². The van der Waals surface area contributed by atoms with Crippen LogP contribution >= 0.6 is 0 Å². The number of piperidine rings is 1. The van der Waals surface area contributed by atoms with Crippen LogP contribution in [0.3, 0.4) is 0 Å². The lowest BCUT2D eigenvalue weighted by molar-refractivity contribution is 0.122. The third-order valence-electron chi connectivity index (χ3n) is 5.86. The maximum Gasteiger partial charge on any atom is 0.161 e. The fourth-order valence-corrected chi connectivity index (χ4v) is 4.33. The number of nitrogen functional groups attached to an aromatic ring is 1. The van der Waals surface area contributed by atoms with Crippen LogP contribution in [-0.2, 0) is 6.54 Å². The molecule has 4 aromatic rings. The third-order valence-corrected chi connectivity index (χ3v) is 5.86. The lowest BCUT2D eigenvalue weighted by Crippen LogP contribution is -2.40. The molecule has 6 nitrogen and oxygen atoms in total. The highest BCUT2D eigenvalue weighted by molar-refractivity contribution is 6.06. The molecule has 0 spiro atoms. The quantitative estimate of drug-likeness (QED) is 0.585. The van der Waals surface area contributed by atoms with Gasteiger partial charge in [0.25, 0.3) is 0 Å². The molecule has 4 heterocycles. The van der Waals surface area contributed by atoms with E-state index >= 15 is 0 Å². The summed E-state index contributed by atoms with van der Waals surface area (Å²) >= 11 is 0. The van der Waals surface area contributed by atoms with Crippen molar-refractivity contribution in [1.82, 2.24) is 24.6 Å². The number of nitrogens with two attached hydrogens (primary N) is 1. The van der Waals surface area contributed by atoms with Gasteiger partial charge in [0.15, 0.2) is 5.65 Å². The van der Waals surface area contributed by atoms with Crippen LogP contribution in [0.4, 0.5) is 5.82 Å². The number of aromatic amines is 1. The highest BCUT2D eigenvalue weighted by atomic mass is 15.3. The van der Waals surface area contributed by atoms with Gasteiger partial charge in [-0.2, -0.15) is 0 Å². The number of benzene rings is 1. The molecular weight excluding hydrogens is 336 g/mol. The van der Waals surface area contributed by atoms with Crippen molar-refractivity contribution < 1.29 is 0 Å². The van der Waals surface area contributed by atoms with Crippen LogP contribution in [0, 0.1) is 5.92 Å². The molecule has 6 heteroatoms. The second-order valence-corrected chi connectivity index (χ2v) is 7.65. The van der Waals surface area contributed by atoms with E-state index < -0.39 is 0 Å². The number of nitrogens with zero attached hydrogens (tertiary/aromatic N) is 4. The van der Waals surface area contributed by atoms with Crippen LogP contribution in [-0.4, -0.2) is 37.7 Å². The minimum atomic E-state index is 0.336. The van der Waals surface area contributed by atoms with Crippen LogP contribution in [0.5, 0.6) is 0 Å². The molecule has 1 aromatic carbocycles. The van der Waals surface area contributed by atoms with Gasteiger partial charge in [-0.1, -0.05) is 37.3 Å². The Kier molecular flexibility index (Phi) is 3.86.